The van der Waals surface area contributed by atoms with Crippen molar-refractivity contribution in [2.45, 2.75) is 44.9 Å². The molecule has 0 spiro atoms. The van der Waals surface area contributed by atoms with Gasteiger partial charge in [-0.25, -0.2) is 8.78 Å². The van der Waals surface area contributed by atoms with Crippen molar-refractivity contribution in [3.05, 3.63) is 107 Å². The van der Waals surface area contributed by atoms with Crippen LogP contribution in [-0.2, 0) is 4.79 Å². The monoisotopic (exact) mass is 596 g/mol. The Bertz CT molecular complexity index is 1870. The number of hydrogen-bond donors (Lipinski definition) is 3. The molecule has 2 atom stereocenters. The number of aromatic nitrogens is 2. The zero-order chi connectivity index (χ0) is 30.1. The summed E-state index contributed by atoms with van der Waals surface area (Å²) in [7, 11) is 0. The van der Waals surface area contributed by atoms with E-state index in [1.54, 1.807) is 18.2 Å². The average Bonchev–Trinajstić information content (AvgIpc) is 3.29. The molecule has 3 aromatic carbocycles. The van der Waals surface area contributed by atoms with Crippen LogP contribution in [0.2, 0.25) is 0 Å². The van der Waals surface area contributed by atoms with Gasteiger partial charge in [0, 0.05) is 40.2 Å². The second-order valence-electron chi connectivity index (χ2n) is 10.5. The maximum atomic E-state index is 14.4. The quantitative estimate of drug-likeness (QED) is 0.227. The van der Waals surface area contributed by atoms with Gasteiger partial charge in [-0.15, -0.1) is 0 Å². The Morgan fingerprint density at radius 3 is 2.16 bits per heavy atom. The summed E-state index contributed by atoms with van der Waals surface area (Å²) in [6, 6.07) is 18.7. The topological polar surface area (TPSA) is 105 Å². The van der Waals surface area contributed by atoms with Crippen LogP contribution >= 0.6 is 0 Å². The van der Waals surface area contributed by atoms with Gasteiger partial charge in [0.25, 0.3) is 5.56 Å². The fourth-order valence-corrected chi connectivity index (χ4v) is 5.48. The summed E-state index contributed by atoms with van der Waals surface area (Å²) in [5, 5.41) is 31.0. The van der Waals surface area contributed by atoms with Gasteiger partial charge >= 0.3 is 35.5 Å². The number of carboxylic acids is 1. The van der Waals surface area contributed by atoms with Crippen LogP contribution in [0.1, 0.15) is 39.9 Å². The predicted octanol–water partition coefficient (Wildman–Crippen LogP) is 3.19. The number of aliphatic hydroxyl groups excluding tert-OH is 2. The summed E-state index contributed by atoms with van der Waals surface area (Å²) < 4.78 is 31.2. The van der Waals surface area contributed by atoms with Crippen molar-refractivity contribution >= 4 is 33.9 Å². The first-order chi connectivity index (χ1) is 20.1. The Hall–Kier alpha value is -3.60. The van der Waals surface area contributed by atoms with Gasteiger partial charge in [-0.2, -0.15) is 0 Å². The molecule has 2 heterocycles. The summed E-state index contributed by atoms with van der Waals surface area (Å²) in [6.07, 6.45) is -0.0311. The van der Waals surface area contributed by atoms with Crippen molar-refractivity contribution in [2.75, 3.05) is 0 Å². The van der Waals surface area contributed by atoms with Gasteiger partial charge < -0.3 is 21.3 Å². The number of para-hydroxylation sites is 1. The van der Waals surface area contributed by atoms with Crippen LogP contribution in [0.15, 0.2) is 83.7 Å². The van der Waals surface area contributed by atoms with Crippen LogP contribution in [0.25, 0.3) is 44.7 Å². The van der Waals surface area contributed by atoms with Gasteiger partial charge in [0.15, 0.2) is 0 Å². The second kappa shape index (κ2) is 13.4. The molecule has 0 fully saturated rings. The Balaban J connectivity index is 0.00000264. The molecule has 0 bridgehead atoms. The molecule has 5 aromatic rings. The molecular formula is C33H31F2N2NaO5. The normalized spacial score (nSPS) is 13.1. The van der Waals surface area contributed by atoms with E-state index < -0.39 is 36.2 Å². The van der Waals surface area contributed by atoms with Crippen LogP contribution in [0, 0.1) is 11.6 Å². The molecule has 0 radical (unpaired) electrons. The van der Waals surface area contributed by atoms with E-state index in [1.165, 1.54) is 47.0 Å². The third-order valence-electron chi connectivity index (χ3n) is 7.20. The van der Waals surface area contributed by atoms with E-state index >= 15 is 0 Å². The fourth-order valence-electron chi connectivity index (χ4n) is 5.48. The number of halogens is 2. The molecule has 0 saturated carbocycles. The smallest absolute Gasteiger partial charge is 1.00 e. The largest absolute Gasteiger partial charge is 1.00 e. The van der Waals surface area contributed by atoms with Gasteiger partial charge in [-0.3, -0.25) is 14.2 Å². The molecule has 2 aromatic heterocycles. The maximum Gasteiger partial charge on any atom is 1.00 e. The molecule has 0 aliphatic rings. The van der Waals surface area contributed by atoms with Gasteiger partial charge in [-0.05, 0) is 68.0 Å². The number of aliphatic hydroxyl groups is 2. The standard InChI is InChI=1S/C33H30F2N2O5.Na.H/c1-19(2)36-28(16-15-24(38)17-25(39)18-29(40)41)30(20-7-9-21(34)10-8-20)31-26-5-3-4-6-27(26)37(33(42)32(31)36)23-13-11-22(35)12-14-23;;/h3-16,19,24-25,38-39H,17-18H2,1-2H3,(H,40,41);;/q;+1;-1/b16-15+;;/t24-,25+;;/m0../s1. The molecule has 0 amide bonds. The Kier molecular flexibility index (Phi) is 10.0. The van der Waals surface area contributed by atoms with Crippen LogP contribution < -0.4 is 35.1 Å². The Labute approximate surface area is 270 Å². The summed E-state index contributed by atoms with van der Waals surface area (Å²) in [5.74, 6) is -2.03. The molecule has 0 aliphatic heterocycles. The molecule has 5 rings (SSSR count). The fraction of sp³-hybridized carbons (Fsp3) is 0.212. The third-order valence-corrected chi connectivity index (χ3v) is 7.20. The van der Waals surface area contributed by atoms with Crippen LogP contribution in [-0.4, -0.2) is 42.6 Å². The molecule has 0 saturated heterocycles. The average molecular weight is 597 g/mol. The van der Waals surface area contributed by atoms with E-state index in [4.69, 9.17) is 5.11 Å². The minimum atomic E-state index is -1.25. The van der Waals surface area contributed by atoms with Crippen LogP contribution in [0.5, 0.6) is 0 Å². The van der Waals surface area contributed by atoms with Crippen LogP contribution in [0.4, 0.5) is 8.78 Å². The van der Waals surface area contributed by atoms with Crippen molar-refractivity contribution in [3.63, 3.8) is 0 Å². The molecule has 218 valence electrons. The number of benzene rings is 3. The van der Waals surface area contributed by atoms with E-state index in [0.717, 1.165) is 5.39 Å². The van der Waals surface area contributed by atoms with Crippen molar-refractivity contribution in [1.29, 1.82) is 0 Å². The van der Waals surface area contributed by atoms with Crippen molar-refractivity contribution in [2.24, 2.45) is 0 Å². The number of pyridine rings is 1. The zero-order valence-electron chi connectivity index (χ0n) is 25.0. The van der Waals surface area contributed by atoms with E-state index in [-0.39, 0.29) is 49.0 Å². The molecule has 7 nitrogen and oxygen atoms in total. The van der Waals surface area contributed by atoms with Gasteiger partial charge in [0.1, 0.15) is 17.2 Å². The molecule has 10 heteroatoms. The number of carbonyl (C=O) groups is 1. The maximum absolute atomic E-state index is 14.4. The first-order valence-corrected chi connectivity index (χ1v) is 13.6. The minimum absolute atomic E-state index is 0. The Morgan fingerprint density at radius 1 is 0.953 bits per heavy atom. The summed E-state index contributed by atoms with van der Waals surface area (Å²) in [6.45, 7) is 3.82. The van der Waals surface area contributed by atoms with E-state index in [9.17, 15) is 28.6 Å². The number of fused-ring (bicyclic) bond motifs is 3. The molecule has 0 unspecified atom stereocenters. The van der Waals surface area contributed by atoms with E-state index in [1.807, 2.05) is 42.7 Å². The number of rotatable bonds is 9. The SMILES string of the molecule is CC(C)n1c(/C=C/[C@H](O)C[C@@H](O)CC(=O)O)c(-c2ccc(F)cc2)c2c3ccccc3n(-c3ccc(F)cc3)c(=O)c21.[H-].[Na+]. The minimum Gasteiger partial charge on any atom is -1.00 e. The molecule has 43 heavy (non-hydrogen) atoms. The second-order valence-corrected chi connectivity index (χ2v) is 10.5. The van der Waals surface area contributed by atoms with Crippen molar-refractivity contribution in [1.82, 2.24) is 9.13 Å². The van der Waals surface area contributed by atoms with Crippen molar-refractivity contribution < 1.29 is 59.9 Å². The number of carboxylic acid groups (broad SMARTS) is 1. The molecular weight excluding hydrogens is 565 g/mol. The molecule has 3 N–H and O–H groups in total. The first-order valence-electron chi connectivity index (χ1n) is 13.6. The number of aliphatic carboxylic acids is 1. The van der Waals surface area contributed by atoms with E-state index in [2.05, 4.69) is 0 Å². The zero-order valence-corrected chi connectivity index (χ0v) is 26.0. The number of hydrogen-bond acceptors (Lipinski definition) is 4. The third kappa shape index (κ3) is 6.51. The Morgan fingerprint density at radius 2 is 1.56 bits per heavy atom. The van der Waals surface area contributed by atoms with Gasteiger partial charge in [0.2, 0.25) is 0 Å². The van der Waals surface area contributed by atoms with E-state index in [0.29, 0.717) is 38.9 Å². The number of nitrogens with zero attached hydrogens (tertiary/aromatic N) is 2. The summed E-state index contributed by atoms with van der Waals surface area (Å²) in [5.41, 5.74) is 2.96. The molecule has 0 aliphatic carbocycles. The van der Waals surface area contributed by atoms with Gasteiger partial charge in [-0.1, -0.05) is 36.4 Å². The summed E-state index contributed by atoms with van der Waals surface area (Å²) >= 11 is 0. The van der Waals surface area contributed by atoms with Gasteiger partial charge in [0.05, 0.1) is 24.1 Å². The predicted molar refractivity (Wildman–Crippen MR) is 160 cm³/mol. The van der Waals surface area contributed by atoms with Crippen molar-refractivity contribution in [3.8, 4) is 16.8 Å². The van der Waals surface area contributed by atoms with Crippen LogP contribution in [0.3, 0.4) is 0 Å². The summed E-state index contributed by atoms with van der Waals surface area (Å²) in [4.78, 5) is 25.4. The first kappa shape index (κ1) is 32.3.